The van der Waals surface area contributed by atoms with E-state index in [1.807, 2.05) is 24.3 Å². The number of hydrogen-bond donors (Lipinski definition) is 1. The molecule has 0 saturated carbocycles. The van der Waals surface area contributed by atoms with E-state index in [0.717, 1.165) is 35.0 Å². The molecule has 0 aliphatic rings. The summed E-state index contributed by atoms with van der Waals surface area (Å²) in [7, 11) is 0. The summed E-state index contributed by atoms with van der Waals surface area (Å²) >= 11 is 7.30. The lowest BCUT2D eigenvalue weighted by Crippen LogP contribution is -2.13. The molecule has 0 fully saturated rings. The topological polar surface area (TPSA) is 48.7 Å². The van der Waals surface area contributed by atoms with Crippen molar-refractivity contribution in [1.82, 2.24) is 10.3 Å². The summed E-state index contributed by atoms with van der Waals surface area (Å²) in [5.41, 5.74) is 1.79. The van der Waals surface area contributed by atoms with Crippen LogP contribution in [0, 0.1) is 11.3 Å². The molecule has 21 heavy (non-hydrogen) atoms. The van der Waals surface area contributed by atoms with Gasteiger partial charge in [0.25, 0.3) is 0 Å². The number of nitrogens with zero attached hydrogens (tertiary/aromatic N) is 2. The molecule has 0 saturated heterocycles. The van der Waals surface area contributed by atoms with Crippen molar-refractivity contribution in [2.75, 3.05) is 6.54 Å². The number of aromatic nitrogens is 1. The molecular weight excluding hydrogens is 302 g/mol. The lowest BCUT2D eigenvalue weighted by atomic mass is 10.1. The van der Waals surface area contributed by atoms with Gasteiger partial charge in [-0.15, -0.1) is 0 Å². The average Bonchev–Trinajstić information content (AvgIpc) is 2.51. The molecule has 0 bridgehead atoms. The highest BCUT2D eigenvalue weighted by molar-refractivity contribution is 7.99. The fourth-order valence-electron chi connectivity index (χ4n) is 1.81. The largest absolute Gasteiger partial charge is 0.313 e. The quantitative estimate of drug-likeness (QED) is 0.809. The van der Waals surface area contributed by atoms with Gasteiger partial charge in [-0.2, -0.15) is 5.26 Å². The summed E-state index contributed by atoms with van der Waals surface area (Å²) < 4.78 is 0. The van der Waals surface area contributed by atoms with Gasteiger partial charge in [0.15, 0.2) is 0 Å². The van der Waals surface area contributed by atoms with Crippen LogP contribution in [0.3, 0.4) is 0 Å². The lowest BCUT2D eigenvalue weighted by molar-refractivity contribution is 0.675. The number of rotatable bonds is 6. The standard InChI is InChI=1S/C16H16ClN3S/c1-2-7-19-10-12-3-5-15(13(8-12)9-18)21-16-6-4-14(17)11-20-16/h3-6,8,11,19H,2,7,10H2,1H3. The van der Waals surface area contributed by atoms with Crippen molar-refractivity contribution < 1.29 is 0 Å². The average molecular weight is 318 g/mol. The maximum atomic E-state index is 9.31. The van der Waals surface area contributed by atoms with Gasteiger partial charge in [0.05, 0.1) is 10.6 Å². The second-order valence-corrected chi connectivity index (χ2v) is 6.03. The first-order valence-electron chi connectivity index (χ1n) is 6.76. The van der Waals surface area contributed by atoms with E-state index >= 15 is 0 Å². The Hall–Kier alpha value is -1.54. The summed E-state index contributed by atoms with van der Waals surface area (Å²) in [5.74, 6) is 0. The van der Waals surface area contributed by atoms with Gasteiger partial charge < -0.3 is 5.32 Å². The van der Waals surface area contributed by atoms with Gasteiger partial charge in [-0.1, -0.05) is 36.4 Å². The Balaban J connectivity index is 2.12. The van der Waals surface area contributed by atoms with Crippen LogP contribution >= 0.6 is 23.4 Å². The van der Waals surface area contributed by atoms with E-state index in [1.165, 1.54) is 11.8 Å². The Morgan fingerprint density at radius 1 is 1.33 bits per heavy atom. The number of nitrogens with one attached hydrogen (secondary N) is 1. The molecule has 1 aromatic heterocycles. The zero-order chi connectivity index (χ0) is 15.1. The van der Waals surface area contributed by atoms with E-state index < -0.39 is 0 Å². The molecule has 0 spiro atoms. The van der Waals surface area contributed by atoms with Crippen LogP contribution in [0.1, 0.15) is 24.5 Å². The molecule has 1 aromatic carbocycles. The monoisotopic (exact) mass is 317 g/mol. The van der Waals surface area contributed by atoms with Gasteiger partial charge in [0, 0.05) is 17.6 Å². The molecule has 0 amide bonds. The zero-order valence-electron chi connectivity index (χ0n) is 11.8. The predicted molar refractivity (Wildman–Crippen MR) is 86.5 cm³/mol. The fourth-order valence-corrected chi connectivity index (χ4v) is 2.74. The van der Waals surface area contributed by atoms with Gasteiger partial charge in [-0.3, -0.25) is 0 Å². The molecule has 0 aliphatic heterocycles. The van der Waals surface area contributed by atoms with Crippen LogP contribution < -0.4 is 5.32 Å². The first kappa shape index (κ1) is 15.8. The molecule has 1 heterocycles. The van der Waals surface area contributed by atoms with Crippen molar-refractivity contribution in [2.24, 2.45) is 0 Å². The van der Waals surface area contributed by atoms with Crippen molar-refractivity contribution in [3.05, 3.63) is 52.7 Å². The molecule has 108 valence electrons. The van der Waals surface area contributed by atoms with Crippen molar-refractivity contribution in [1.29, 1.82) is 5.26 Å². The second-order valence-electron chi connectivity index (χ2n) is 4.54. The Morgan fingerprint density at radius 2 is 2.19 bits per heavy atom. The molecule has 1 N–H and O–H groups in total. The minimum Gasteiger partial charge on any atom is -0.313 e. The summed E-state index contributed by atoms with van der Waals surface area (Å²) in [6.07, 6.45) is 2.71. The number of nitriles is 1. The summed E-state index contributed by atoms with van der Waals surface area (Å²) in [6, 6.07) is 11.9. The van der Waals surface area contributed by atoms with Gasteiger partial charge >= 0.3 is 0 Å². The SMILES string of the molecule is CCCNCc1ccc(Sc2ccc(Cl)cn2)c(C#N)c1. The first-order valence-corrected chi connectivity index (χ1v) is 7.95. The first-order chi connectivity index (χ1) is 10.2. The van der Waals surface area contributed by atoms with E-state index in [-0.39, 0.29) is 0 Å². The molecule has 0 aliphatic carbocycles. The van der Waals surface area contributed by atoms with Gasteiger partial charge in [0.1, 0.15) is 11.1 Å². The maximum absolute atomic E-state index is 9.31. The number of halogens is 1. The predicted octanol–water partition coefficient (Wildman–Crippen LogP) is 4.26. The van der Waals surface area contributed by atoms with Crippen LogP contribution in [0.15, 0.2) is 46.5 Å². The highest BCUT2D eigenvalue weighted by Gasteiger charge is 2.06. The minimum atomic E-state index is 0.609. The second kappa shape index (κ2) is 8.04. The fraction of sp³-hybridized carbons (Fsp3) is 0.250. The number of pyridine rings is 1. The molecule has 0 unspecified atom stereocenters. The highest BCUT2D eigenvalue weighted by Crippen LogP contribution is 2.29. The molecule has 2 rings (SSSR count). The van der Waals surface area contributed by atoms with Gasteiger partial charge in [-0.05, 0) is 42.8 Å². The van der Waals surface area contributed by atoms with Crippen LogP contribution in [0.2, 0.25) is 5.02 Å². The zero-order valence-corrected chi connectivity index (χ0v) is 13.3. The lowest BCUT2D eigenvalue weighted by Gasteiger charge is -2.07. The van der Waals surface area contributed by atoms with Crippen molar-refractivity contribution in [3.8, 4) is 6.07 Å². The Labute approximate surface area is 134 Å². The van der Waals surface area contributed by atoms with Crippen molar-refractivity contribution in [2.45, 2.75) is 29.8 Å². The number of hydrogen-bond acceptors (Lipinski definition) is 4. The molecular formula is C16H16ClN3S. The van der Waals surface area contributed by atoms with Crippen LogP contribution in [0.25, 0.3) is 0 Å². The molecule has 3 nitrogen and oxygen atoms in total. The van der Waals surface area contributed by atoms with Crippen molar-refractivity contribution in [3.63, 3.8) is 0 Å². The molecule has 0 atom stereocenters. The van der Waals surface area contributed by atoms with Gasteiger partial charge in [0.2, 0.25) is 0 Å². The summed E-state index contributed by atoms with van der Waals surface area (Å²) in [5, 5.41) is 14.1. The highest BCUT2D eigenvalue weighted by atomic mass is 35.5. The van der Waals surface area contributed by atoms with E-state index in [0.29, 0.717) is 10.6 Å². The third-order valence-electron chi connectivity index (χ3n) is 2.84. The third-order valence-corrected chi connectivity index (χ3v) is 4.09. The normalized spacial score (nSPS) is 10.3. The smallest absolute Gasteiger partial charge is 0.101 e. The Kier molecular flexibility index (Phi) is 6.06. The van der Waals surface area contributed by atoms with Crippen LogP contribution in [0.5, 0.6) is 0 Å². The van der Waals surface area contributed by atoms with Crippen LogP contribution in [0.4, 0.5) is 0 Å². The van der Waals surface area contributed by atoms with Gasteiger partial charge in [-0.25, -0.2) is 4.98 Å². The Morgan fingerprint density at radius 3 is 2.86 bits per heavy atom. The molecule has 0 radical (unpaired) electrons. The van der Waals surface area contributed by atoms with Crippen LogP contribution in [-0.2, 0) is 6.54 Å². The van der Waals surface area contributed by atoms with E-state index in [1.54, 1.807) is 12.3 Å². The van der Waals surface area contributed by atoms with E-state index in [4.69, 9.17) is 11.6 Å². The summed E-state index contributed by atoms with van der Waals surface area (Å²) in [6.45, 7) is 3.90. The molecule has 2 aromatic rings. The summed E-state index contributed by atoms with van der Waals surface area (Å²) in [4.78, 5) is 5.15. The van der Waals surface area contributed by atoms with E-state index in [2.05, 4.69) is 23.3 Å². The van der Waals surface area contributed by atoms with E-state index in [9.17, 15) is 5.26 Å². The molecule has 5 heteroatoms. The Bertz CT molecular complexity index is 635. The third kappa shape index (κ3) is 4.75. The van der Waals surface area contributed by atoms with Crippen molar-refractivity contribution >= 4 is 23.4 Å². The minimum absolute atomic E-state index is 0.609. The van der Waals surface area contributed by atoms with Crippen LogP contribution in [-0.4, -0.2) is 11.5 Å². The number of benzene rings is 1. The maximum Gasteiger partial charge on any atom is 0.101 e.